The molecule has 1 aromatic heterocycles. The van der Waals surface area contributed by atoms with Crippen molar-refractivity contribution >= 4 is 5.91 Å². The van der Waals surface area contributed by atoms with E-state index in [-0.39, 0.29) is 18.1 Å². The Hall–Kier alpha value is -1.29. The maximum absolute atomic E-state index is 12.9. The molecule has 4 nitrogen and oxygen atoms in total. The SMILES string of the molecule is Cc1oc(C)c(C(=O)N2CCO[C@H]3CCCC[C@@H]32)c1C. The van der Waals surface area contributed by atoms with E-state index in [2.05, 4.69) is 0 Å². The summed E-state index contributed by atoms with van der Waals surface area (Å²) in [5.41, 5.74) is 1.74. The predicted molar refractivity (Wildman–Crippen MR) is 76.0 cm³/mol. The van der Waals surface area contributed by atoms with Crippen LogP contribution in [0.25, 0.3) is 0 Å². The predicted octanol–water partition coefficient (Wildman–Crippen LogP) is 2.99. The maximum Gasteiger partial charge on any atom is 0.258 e. The van der Waals surface area contributed by atoms with E-state index >= 15 is 0 Å². The summed E-state index contributed by atoms with van der Waals surface area (Å²) in [6.45, 7) is 7.12. The largest absolute Gasteiger partial charge is 0.466 e. The molecule has 1 amide bonds. The van der Waals surface area contributed by atoms with Gasteiger partial charge < -0.3 is 14.1 Å². The first-order valence-electron chi connectivity index (χ1n) is 7.58. The lowest BCUT2D eigenvalue weighted by atomic mass is 9.89. The van der Waals surface area contributed by atoms with Gasteiger partial charge in [0.2, 0.25) is 0 Å². The maximum atomic E-state index is 12.9. The first-order valence-corrected chi connectivity index (χ1v) is 7.58. The number of hydrogen-bond acceptors (Lipinski definition) is 3. The second-order valence-electron chi connectivity index (χ2n) is 5.97. The van der Waals surface area contributed by atoms with Gasteiger partial charge in [-0.25, -0.2) is 0 Å². The van der Waals surface area contributed by atoms with Crippen molar-refractivity contribution in [1.82, 2.24) is 4.90 Å². The molecule has 1 aliphatic carbocycles. The molecule has 2 atom stereocenters. The average Bonchev–Trinajstić information content (AvgIpc) is 2.71. The van der Waals surface area contributed by atoms with Gasteiger partial charge in [-0.3, -0.25) is 4.79 Å². The van der Waals surface area contributed by atoms with E-state index in [1.54, 1.807) is 0 Å². The van der Waals surface area contributed by atoms with Crippen LogP contribution in [0.15, 0.2) is 4.42 Å². The highest BCUT2D eigenvalue weighted by atomic mass is 16.5. The van der Waals surface area contributed by atoms with E-state index in [9.17, 15) is 4.79 Å². The van der Waals surface area contributed by atoms with Gasteiger partial charge in [-0.05, 0) is 33.6 Å². The molecular weight excluding hydrogens is 254 g/mol. The van der Waals surface area contributed by atoms with Crippen LogP contribution in [-0.4, -0.2) is 36.1 Å². The highest BCUT2D eigenvalue weighted by molar-refractivity contribution is 5.97. The quantitative estimate of drug-likeness (QED) is 0.792. The Morgan fingerprint density at radius 1 is 1.15 bits per heavy atom. The highest BCUT2D eigenvalue weighted by Gasteiger charge is 2.38. The number of carbonyl (C=O) groups excluding carboxylic acids is 1. The van der Waals surface area contributed by atoms with Crippen molar-refractivity contribution in [3.63, 3.8) is 0 Å². The number of nitrogens with zero attached hydrogens (tertiary/aromatic N) is 1. The van der Waals surface area contributed by atoms with Crippen molar-refractivity contribution in [2.75, 3.05) is 13.2 Å². The van der Waals surface area contributed by atoms with Crippen LogP contribution < -0.4 is 0 Å². The van der Waals surface area contributed by atoms with Gasteiger partial charge in [-0.2, -0.15) is 0 Å². The van der Waals surface area contributed by atoms with Crippen LogP contribution in [0.4, 0.5) is 0 Å². The fourth-order valence-corrected chi connectivity index (χ4v) is 3.60. The van der Waals surface area contributed by atoms with E-state index in [1.807, 2.05) is 25.7 Å². The van der Waals surface area contributed by atoms with E-state index in [0.29, 0.717) is 13.2 Å². The molecule has 0 bridgehead atoms. The molecule has 4 heteroatoms. The molecule has 0 N–H and O–H groups in total. The first-order chi connectivity index (χ1) is 9.59. The zero-order chi connectivity index (χ0) is 14.3. The lowest BCUT2D eigenvalue weighted by Crippen LogP contribution is -2.55. The Morgan fingerprint density at radius 2 is 1.90 bits per heavy atom. The number of rotatable bonds is 1. The summed E-state index contributed by atoms with van der Waals surface area (Å²) in [5, 5.41) is 0. The van der Waals surface area contributed by atoms with Crippen molar-refractivity contribution < 1.29 is 13.9 Å². The zero-order valence-corrected chi connectivity index (χ0v) is 12.6. The summed E-state index contributed by atoms with van der Waals surface area (Å²) in [5.74, 6) is 1.71. The van der Waals surface area contributed by atoms with Crippen LogP contribution in [0.2, 0.25) is 0 Å². The molecule has 1 saturated carbocycles. The summed E-state index contributed by atoms with van der Waals surface area (Å²) in [6, 6.07) is 0.249. The van der Waals surface area contributed by atoms with Crippen molar-refractivity contribution in [3.05, 3.63) is 22.6 Å². The molecule has 110 valence electrons. The molecule has 2 heterocycles. The molecular formula is C16H23NO3. The second kappa shape index (κ2) is 5.24. The van der Waals surface area contributed by atoms with Crippen molar-refractivity contribution in [2.24, 2.45) is 0 Å². The van der Waals surface area contributed by atoms with E-state index in [0.717, 1.165) is 35.5 Å². The Kier molecular flexibility index (Phi) is 3.59. The van der Waals surface area contributed by atoms with E-state index in [4.69, 9.17) is 9.15 Å². The Labute approximate surface area is 120 Å². The van der Waals surface area contributed by atoms with Crippen LogP contribution in [-0.2, 0) is 4.74 Å². The van der Waals surface area contributed by atoms with Gasteiger partial charge in [0, 0.05) is 12.1 Å². The van der Waals surface area contributed by atoms with Gasteiger partial charge in [-0.1, -0.05) is 12.8 Å². The molecule has 20 heavy (non-hydrogen) atoms. The zero-order valence-electron chi connectivity index (χ0n) is 12.6. The Bertz CT molecular complexity index is 518. The third-order valence-electron chi connectivity index (χ3n) is 4.77. The second-order valence-corrected chi connectivity index (χ2v) is 5.97. The molecule has 1 aromatic rings. The van der Waals surface area contributed by atoms with Crippen LogP contribution in [0.5, 0.6) is 0 Å². The lowest BCUT2D eigenvalue weighted by molar-refractivity contribution is -0.0753. The van der Waals surface area contributed by atoms with E-state index < -0.39 is 0 Å². The minimum Gasteiger partial charge on any atom is -0.466 e. The Morgan fingerprint density at radius 3 is 2.60 bits per heavy atom. The van der Waals surface area contributed by atoms with Gasteiger partial charge in [0.1, 0.15) is 11.5 Å². The standard InChI is InChI=1S/C16H23NO3/c1-10-11(2)20-12(3)15(10)16(18)17-8-9-19-14-7-5-4-6-13(14)17/h13-14H,4-9H2,1-3H3/t13-,14-/m0/s1. The van der Waals surface area contributed by atoms with Crippen molar-refractivity contribution in [2.45, 2.75) is 58.6 Å². The normalized spacial score (nSPS) is 26.4. The van der Waals surface area contributed by atoms with Crippen molar-refractivity contribution in [3.8, 4) is 0 Å². The fourth-order valence-electron chi connectivity index (χ4n) is 3.60. The van der Waals surface area contributed by atoms with Gasteiger partial charge in [0.15, 0.2) is 0 Å². The van der Waals surface area contributed by atoms with Crippen molar-refractivity contribution in [1.29, 1.82) is 0 Å². The molecule has 2 aliphatic rings. The highest BCUT2D eigenvalue weighted by Crippen LogP contribution is 2.31. The Balaban J connectivity index is 1.89. The molecule has 1 aliphatic heterocycles. The number of furan rings is 1. The van der Waals surface area contributed by atoms with E-state index in [1.165, 1.54) is 12.8 Å². The van der Waals surface area contributed by atoms with Crippen LogP contribution in [0.3, 0.4) is 0 Å². The molecule has 3 rings (SSSR count). The third-order valence-corrected chi connectivity index (χ3v) is 4.77. The first kappa shape index (κ1) is 13.7. The minimum absolute atomic E-state index is 0.122. The van der Waals surface area contributed by atoms with Gasteiger partial charge in [-0.15, -0.1) is 0 Å². The average molecular weight is 277 g/mol. The molecule has 0 spiro atoms. The molecule has 0 radical (unpaired) electrons. The van der Waals surface area contributed by atoms with Gasteiger partial charge >= 0.3 is 0 Å². The third kappa shape index (κ3) is 2.16. The summed E-state index contributed by atoms with van der Waals surface area (Å²) in [4.78, 5) is 14.9. The lowest BCUT2D eigenvalue weighted by Gasteiger charge is -2.43. The number of ether oxygens (including phenoxy) is 1. The number of fused-ring (bicyclic) bond motifs is 1. The smallest absolute Gasteiger partial charge is 0.258 e. The van der Waals surface area contributed by atoms with Crippen LogP contribution >= 0.6 is 0 Å². The van der Waals surface area contributed by atoms with Crippen LogP contribution in [0.1, 0.15) is 53.1 Å². The number of morpholine rings is 1. The van der Waals surface area contributed by atoms with Gasteiger partial charge in [0.05, 0.1) is 24.3 Å². The summed E-state index contributed by atoms with van der Waals surface area (Å²) in [6.07, 6.45) is 4.78. The number of hydrogen-bond donors (Lipinski definition) is 0. The number of amides is 1. The molecule has 1 saturated heterocycles. The summed E-state index contributed by atoms with van der Waals surface area (Å²) in [7, 11) is 0. The number of aryl methyl sites for hydroxylation is 2. The summed E-state index contributed by atoms with van der Waals surface area (Å²) >= 11 is 0. The molecule has 0 aromatic carbocycles. The minimum atomic E-state index is 0.122. The topological polar surface area (TPSA) is 42.7 Å². The summed E-state index contributed by atoms with van der Waals surface area (Å²) < 4.78 is 11.5. The molecule has 2 fully saturated rings. The number of carbonyl (C=O) groups is 1. The molecule has 0 unspecified atom stereocenters. The monoisotopic (exact) mass is 277 g/mol. The van der Waals surface area contributed by atoms with Crippen LogP contribution in [0, 0.1) is 20.8 Å². The fraction of sp³-hybridized carbons (Fsp3) is 0.688. The van der Waals surface area contributed by atoms with Gasteiger partial charge in [0.25, 0.3) is 5.91 Å².